The van der Waals surface area contributed by atoms with E-state index in [0.717, 1.165) is 11.1 Å². The van der Waals surface area contributed by atoms with E-state index >= 15 is 0 Å². The predicted molar refractivity (Wildman–Crippen MR) is 70.7 cm³/mol. The maximum Gasteiger partial charge on any atom is 0.241 e. The van der Waals surface area contributed by atoms with E-state index in [0.29, 0.717) is 13.2 Å². The fourth-order valence-electron chi connectivity index (χ4n) is 1.49. The molecule has 4 nitrogen and oxygen atoms in total. The molecule has 4 heteroatoms. The Morgan fingerprint density at radius 1 is 1.22 bits per heavy atom. The highest BCUT2D eigenvalue weighted by Crippen LogP contribution is 2.19. The molecular weight excluding hydrogens is 230 g/mol. The molecule has 0 saturated heterocycles. The van der Waals surface area contributed by atoms with Gasteiger partial charge in [-0.3, -0.25) is 4.79 Å². The van der Waals surface area contributed by atoms with Crippen LogP contribution in [0.25, 0.3) is 6.08 Å². The normalized spacial score (nSPS) is 11.3. The minimum atomic E-state index is -0.458. The lowest BCUT2D eigenvalue weighted by Gasteiger charge is -2.17. The lowest BCUT2D eigenvalue weighted by atomic mass is 10.1. The average Bonchev–Trinajstić information content (AvgIpc) is 2.37. The number of hydrogen-bond donors (Lipinski definition) is 1. The van der Waals surface area contributed by atoms with E-state index in [4.69, 9.17) is 15.2 Å². The summed E-state index contributed by atoms with van der Waals surface area (Å²) in [5.41, 5.74) is 6.89. The van der Waals surface area contributed by atoms with Gasteiger partial charge in [-0.1, -0.05) is 24.3 Å². The summed E-state index contributed by atoms with van der Waals surface area (Å²) < 4.78 is 11.0. The molecule has 0 aliphatic carbocycles. The van der Waals surface area contributed by atoms with Crippen LogP contribution < -0.4 is 5.73 Å². The maximum absolute atomic E-state index is 10.6. The largest absolute Gasteiger partial charge is 0.366 e. The number of primary amides is 1. The summed E-state index contributed by atoms with van der Waals surface area (Å²) in [6, 6.07) is 7.60. The fraction of sp³-hybridized carbons (Fsp3) is 0.357. The van der Waals surface area contributed by atoms with E-state index in [1.54, 1.807) is 6.08 Å². The number of hydrogen-bond acceptors (Lipinski definition) is 3. The van der Waals surface area contributed by atoms with Crippen LogP contribution in [0.5, 0.6) is 0 Å². The van der Waals surface area contributed by atoms with Crippen molar-refractivity contribution in [2.75, 3.05) is 13.2 Å². The van der Waals surface area contributed by atoms with E-state index in [9.17, 15) is 4.79 Å². The number of benzene rings is 1. The number of amides is 1. The van der Waals surface area contributed by atoms with Gasteiger partial charge in [0.05, 0.1) is 0 Å². The first-order valence-corrected chi connectivity index (χ1v) is 5.98. The molecule has 0 radical (unpaired) electrons. The molecule has 0 bridgehead atoms. The third kappa shape index (κ3) is 4.69. The summed E-state index contributed by atoms with van der Waals surface area (Å²) >= 11 is 0. The zero-order valence-corrected chi connectivity index (χ0v) is 10.8. The molecule has 0 aliphatic heterocycles. The number of nitrogens with two attached hydrogens (primary N) is 1. The van der Waals surface area contributed by atoms with Crippen LogP contribution in [0.2, 0.25) is 0 Å². The second-order valence-electron chi connectivity index (χ2n) is 3.64. The standard InChI is InChI=1S/C14H19NO3/c1-3-17-14(18-4-2)12-8-5-11(6-9-12)7-10-13(15)16/h5-10,14H,3-4H2,1-2H3,(H2,15,16)/b10-7+. The van der Waals surface area contributed by atoms with Crippen LogP contribution in [0, 0.1) is 0 Å². The van der Waals surface area contributed by atoms with Crippen molar-refractivity contribution in [2.24, 2.45) is 5.73 Å². The lowest BCUT2D eigenvalue weighted by molar-refractivity contribution is -0.140. The van der Waals surface area contributed by atoms with Crippen molar-refractivity contribution in [3.8, 4) is 0 Å². The zero-order valence-electron chi connectivity index (χ0n) is 10.8. The van der Waals surface area contributed by atoms with Gasteiger partial charge in [0.2, 0.25) is 5.91 Å². The van der Waals surface area contributed by atoms with Gasteiger partial charge in [0.1, 0.15) is 0 Å². The number of ether oxygens (including phenoxy) is 2. The Bertz CT molecular complexity index is 392. The summed E-state index contributed by atoms with van der Waals surface area (Å²) in [5, 5.41) is 0. The minimum absolute atomic E-state index is 0.339. The first-order chi connectivity index (χ1) is 8.67. The molecule has 0 saturated carbocycles. The van der Waals surface area contributed by atoms with Crippen molar-refractivity contribution < 1.29 is 14.3 Å². The minimum Gasteiger partial charge on any atom is -0.366 e. The highest BCUT2D eigenvalue weighted by atomic mass is 16.7. The molecule has 98 valence electrons. The molecule has 1 amide bonds. The van der Waals surface area contributed by atoms with Gasteiger partial charge < -0.3 is 15.2 Å². The van der Waals surface area contributed by atoms with Crippen molar-refractivity contribution in [3.63, 3.8) is 0 Å². The first-order valence-electron chi connectivity index (χ1n) is 5.98. The van der Waals surface area contributed by atoms with E-state index in [1.807, 2.05) is 38.1 Å². The van der Waals surface area contributed by atoms with Crippen molar-refractivity contribution >= 4 is 12.0 Å². The second-order valence-corrected chi connectivity index (χ2v) is 3.64. The van der Waals surface area contributed by atoms with E-state index in [1.165, 1.54) is 6.08 Å². The first kappa shape index (κ1) is 14.4. The second kappa shape index (κ2) is 7.63. The summed E-state index contributed by atoms with van der Waals surface area (Å²) in [7, 11) is 0. The molecule has 2 N–H and O–H groups in total. The Balaban J connectivity index is 2.76. The van der Waals surface area contributed by atoms with Crippen LogP contribution >= 0.6 is 0 Å². The predicted octanol–water partition coefficient (Wildman–Crippen LogP) is 2.26. The molecule has 0 heterocycles. The monoisotopic (exact) mass is 249 g/mol. The van der Waals surface area contributed by atoms with E-state index < -0.39 is 5.91 Å². The van der Waals surface area contributed by atoms with Gasteiger partial charge in [-0.05, 0) is 25.5 Å². The third-order valence-corrected chi connectivity index (χ3v) is 2.28. The van der Waals surface area contributed by atoms with Gasteiger partial charge in [-0.25, -0.2) is 0 Å². The SMILES string of the molecule is CCOC(OCC)c1ccc(/C=C/C(N)=O)cc1. The molecule has 1 aromatic carbocycles. The maximum atomic E-state index is 10.6. The van der Waals surface area contributed by atoms with Gasteiger partial charge in [0.15, 0.2) is 6.29 Å². The number of carbonyl (C=O) groups excluding carboxylic acids is 1. The van der Waals surface area contributed by atoms with Crippen molar-refractivity contribution in [2.45, 2.75) is 20.1 Å². The topological polar surface area (TPSA) is 61.6 Å². The van der Waals surface area contributed by atoms with Crippen LogP contribution in [0.3, 0.4) is 0 Å². The number of carbonyl (C=O) groups is 1. The Hall–Kier alpha value is -1.65. The Morgan fingerprint density at radius 2 is 1.78 bits per heavy atom. The van der Waals surface area contributed by atoms with Gasteiger partial charge >= 0.3 is 0 Å². The Morgan fingerprint density at radius 3 is 2.22 bits per heavy atom. The van der Waals surface area contributed by atoms with Crippen LogP contribution in [0.4, 0.5) is 0 Å². The van der Waals surface area contributed by atoms with Gasteiger partial charge in [-0.15, -0.1) is 0 Å². The van der Waals surface area contributed by atoms with Crippen LogP contribution in [0.1, 0.15) is 31.3 Å². The molecule has 0 fully saturated rings. The van der Waals surface area contributed by atoms with Crippen molar-refractivity contribution in [1.82, 2.24) is 0 Å². The molecule has 18 heavy (non-hydrogen) atoms. The highest BCUT2D eigenvalue weighted by molar-refractivity contribution is 5.90. The van der Waals surface area contributed by atoms with E-state index in [-0.39, 0.29) is 6.29 Å². The van der Waals surface area contributed by atoms with Crippen LogP contribution in [-0.4, -0.2) is 19.1 Å². The summed E-state index contributed by atoms with van der Waals surface area (Å²) in [6.45, 7) is 5.04. The number of rotatable bonds is 7. The molecule has 1 rings (SSSR count). The molecule has 0 atom stereocenters. The van der Waals surface area contributed by atoms with Crippen LogP contribution in [0.15, 0.2) is 30.3 Å². The lowest BCUT2D eigenvalue weighted by Crippen LogP contribution is -2.08. The van der Waals surface area contributed by atoms with Gasteiger partial charge in [-0.2, -0.15) is 0 Å². The zero-order chi connectivity index (χ0) is 13.4. The van der Waals surface area contributed by atoms with Crippen LogP contribution in [-0.2, 0) is 14.3 Å². The smallest absolute Gasteiger partial charge is 0.241 e. The average molecular weight is 249 g/mol. The molecule has 1 aromatic rings. The Kier molecular flexibility index (Phi) is 6.11. The van der Waals surface area contributed by atoms with Gasteiger partial charge in [0, 0.05) is 24.9 Å². The molecule has 0 unspecified atom stereocenters. The molecule has 0 spiro atoms. The molecule has 0 aromatic heterocycles. The third-order valence-electron chi connectivity index (χ3n) is 2.28. The van der Waals surface area contributed by atoms with Crippen molar-refractivity contribution in [1.29, 1.82) is 0 Å². The summed E-state index contributed by atoms with van der Waals surface area (Å²) in [4.78, 5) is 10.6. The van der Waals surface area contributed by atoms with Gasteiger partial charge in [0.25, 0.3) is 0 Å². The molecular formula is C14H19NO3. The van der Waals surface area contributed by atoms with Crippen molar-refractivity contribution in [3.05, 3.63) is 41.5 Å². The Labute approximate surface area is 107 Å². The summed E-state index contributed by atoms with van der Waals surface area (Å²) in [6.07, 6.45) is 2.66. The quantitative estimate of drug-likeness (QED) is 0.595. The molecule has 0 aliphatic rings. The van der Waals surface area contributed by atoms with E-state index in [2.05, 4.69) is 0 Å². The highest BCUT2D eigenvalue weighted by Gasteiger charge is 2.10. The summed E-state index contributed by atoms with van der Waals surface area (Å²) in [5.74, 6) is -0.458. The fourth-order valence-corrected chi connectivity index (χ4v) is 1.49.